The molecule has 1 atom stereocenters. The highest BCUT2D eigenvalue weighted by Crippen LogP contribution is 2.24. The molecule has 21 heavy (non-hydrogen) atoms. The number of halogens is 2. The second kappa shape index (κ2) is 6.32. The maximum absolute atomic E-state index is 13.4. The van der Waals surface area contributed by atoms with Gasteiger partial charge in [-0.15, -0.1) is 11.6 Å². The predicted octanol–water partition coefficient (Wildman–Crippen LogP) is 3.61. The van der Waals surface area contributed by atoms with Gasteiger partial charge in [0.2, 0.25) is 0 Å². The van der Waals surface area contributed by atoms with Crippen molar-refractivity contribution in [1.29, 1.82) is 0 Å². The number of alkyl halides is 1. The van der Waals surface area contributed by atoms with Gasteiger partial charge < -0.3 is 9.47 Å². The summed E-state index contributed by atoms with van der Waals surface area (Å²) in [5.41, 5.74) is 1.73. The fourth-order valence-electron chi connectivity index (χ4n) is 3.30. The van der Waals surface area contributed by atoms with Crippen molar-refractivity contribution in [3.8, 4) is 0 Å². The Hall–Kier alpha value is -1.13. The Balaban J connectivity index is 1.95. The van der Waals surface area contributed by atoms with Crippen LogP contribution in [0.1, 0.15) is 31.6 Å². The first-order valence-corrected chi connectivity index (χ1v) is 8.17. The Morgan fingerprint density at radius 2 is 2.10 bits per heavy atom. The van der Waals surface area contributed by atoms with Crippen LogP contribution in [-0.2, 0) is 6.42 Å². The minimum Gasteiger partial charge on any atom is -0.324 e. The molecular formula is C16H21ClFN3. The summed E-state index contributed by atoms with van der Waals surface area (Å²) >= 11 is 5.90. The molecule has 5 heteroatoms. The first-order valence-electron chi connectivity index (χ1n) is 7.63. The van der Waals surface area contributed by atoms with E-state index in [1.54, 1.807) is 0 Å². The largest absolute Gasteiger partial charge is 0.324 e. The maximum Gasteiger partial charge on any atom is 0.125 e. The Bertz CT molecular complexity index is 619. The molecule has 0 aliphatic carbocycles. The van der Waals surface area contributed by atoms with Crippen molar-refractivity contribution >= 4 is 22.6 Å². The van der Waals surface area contributed by atoms with Crippen LogP contribution in [0.15, 0.2) is 18.2 Å². The van der Waals surface area contributed by atoms with Crippen LogP contribution in [0.2, 0.25) is 0 Å². The van der Waals surface area contributed by atoms with Gasteiger partial charge in [0.15, 0.2) is 0 Å². The smallest absolute Gasteiger partial charge is 0.125 e. The van der Waals surface area contributed by atoms with Gasteiger partial charge in [-0.25, -0.2) is 9.37 Å². The standard InChI is InChI=1S/C16H21ClFN3/c1-12(11-20-8-2-3-9-20)21-15-5-4-13(18)10-14(15)19-16(21)6-7-17/h4-5,10,12H,2-3,6-9,11H2,1H3. The molecule has 0 saturated carbocycles. The third-order valence-corrected chi connectivity index (χ3v) is 4.39. The fraction of sp³-hybridized carbons (Fsp3) is 0.562. The van der Waals surface area contributed by atoms with Crippen molar-refractivity contribution in [2.45, 2.75) is 32.2 Å². The first-order chi connectivity index (χ1) is 10.2. The van der Waals surface area contributed by atoms with Crippen LogP contribution >= 0.6 is 11.6 Å². The van der Waals surface area contributed by atoms with Crippen molar-refractivity contribution in [2.24, 2.45) is 0 Å². The summed E-state index contributed by atoms with van der Waals surface area (Å²) in [6.45, 7) is 5.57. The number of fused-ring (bicyclic) bond motifs is 1. The minimum absolute atomic E-state index is 0.239. The van der Waals surface area contributed by atoms with Gasteiger partial charge in [-0.3, -0.25) is 0 Å². The summed E-state index contributed by atoms with van der Waals surface area (Å²) in [5.74, 6) is 1.25. The molecule has 0 radical (unpaired) electrons. The molecule has 1 aromatic heterocycles. The molecule has 0 amide bonds. The van der Waals surface area contributed by atoms with Crippen molar-refractivity contribution in [3.05, 3.63) is 29.8 Å². The number of benzene rings is 1. The molecule has 1 aliphatic heterocycles. The number of nitrogens with zero attached hydrogens (tertiary/aromatic N) is 3. The highest BCUT2D eigenvalue weighted by atomic mass is 35.5. The normalized spacial score (nSPS) is 17.7. The molecule has 3 rings (SSSR count). The lowest BCUT2D eigenvalue weighted by molar-refractivity contribution is 0.288. The molecular weight excluding hydrogens is 289 g/mol. The van der Waals surface area contributed by atoms with Crippen LogP contribution < -0.4 is 0 Å². The van der Waals surface area contributed by atoms with Crippen molar-refractivity contribution in [1.82, 2.24) is 14.5 Å². The quantitative estimate of drug-likeness (QED) is 0.787. The predicted molar refractivity (Wildman–Crippen MR) is 84.5 cm³/mol. The van der Waals surface area contributed by atoms with E-state index in [0.29, 0.717) is 18.3 Å². The van der Waals surface area contributed by atoms with Gasteiger partial charge in [-0.1, -0.05) is 0 Å². The second-order valence-electron chi connectivity index (χ2n) is 5.83. The van der Waals surface area contributed by atoms with Gasteiger partial charge in [-0.05, 0) is 45.0 Å². The molecule has 1 aliphatic rings. The van der Waals surface area contributed by atoms with Gasteiger partial charge in [0.25, 0.3) is 0 Å². The number of aromatic nitrogens is 2. The topological polar surface area (TPSA) is 21.1 Å². The fourth-order valence-corrected chi connectivity index (χ4v) is 3.46. The van der Waals surface area contributed by atoms with Gasteiger partial charge in [0.1, 0.15) is 11.6 Å². The lowest BCUT2D eigenvalue weighted by atomic mass is 10.2. The van der Waals surface area contributed by atoms with E-state index >= 15 is 0 Å². The van der Waals surface area contributed by atoms with E-state index in [9.17, 15) is 4.39 Å². The number of aryl methyl sites for hydroxylation is 1. The van der Waals surface area contributed by atoms with E-state index in [0.717, 1.165) is 23.4 Å². The van der Waals surface area contributed by atoms with E-state index in [1.165, 1.54) is 38.1 Å². The van der Waals surface area contributed by atoms with Crippen molar-refractivity contribution in [2.75, 3.05) is 25.5 Å². The molecule has 0 spiro atoms. The van der Waals surface area contributed by atoms with Crippen LogP contribution in [0.3, 0.4) is 0 Å². The Kier molecular flexibility index (Phi) is 4.45. The van der Waals surface area contributed by atoms with Crippen molar-refractivity contribution in [3.63, 3.8) is 0 Å². The highest BCUT2D eigenvalue weighted by Gasteiger charge is 2.20. The van der Waals surface area contributed by atoms with Crippen LogP contribution in [0, 0.1) is 5.82 Å². The summed E-state index contributed by atoms with van der Waals surface area (Å²) in [6.07, 6.45) is 3.29. The highest BCUT2D eigenvalue weighted by molar-refractivity contribution is 6.17. The molecule has 1 aromatic carbocycles. The summed E-state index contributed by atoms with van der Waals surface area (Å²) < 4.78 is 15.6. The van der Waals surface area contributed by atoms with Crippen molar-refractivity contribution < 1.29 is 4.39 Å². The van der Waals surface area contributed by atoms with Gasteiger partial charge in [-0.2, -0.15) is 0 Å². The Morgan fingerprint density at radius 1 is 1.33 bits per heavy atom. The SMILES string of the molecule is CC(CN1CCCC1)n1c(CCCl)nc2cc(F)ccc21. The average molecular weight is 310 g/mol. The van der Waals surface area contributed by atoms with Gasteiger partial charge in [0.05, 0.1) is 11.0 Å². The summed E-state index contributed by atoms with van der Waals surface area (Å²) in [6, 6.07) is 5.16. The molecule has 2 heterocycles. The molecule has 3 nitrogen and oxygen atoms in total. The monoisotopic (exact) mass is 309 g/mol. The van der Waals surface area contributed by atoms with E-state index < -0.39 is 0 Å². The zero-order valence-electron chi connectivity index (χ0n) is 12.4. The van der Waals surface area contributed by atoms with E-state index in [1.807, 2.05) is 6.07 Å². The van der Waals surface area contributed by atoms with E-state index in [2.05, 4.69) is 21.4 Å². The number of imidazole rings is 1. The number of hydrogen-bond acceptors (Lipinski definition) is 2. The lowest BCUT2D eigenvalue weighted by Crippen LogP contribution is -2.28. The van der Waals surface area contributed by atoms with Crippen LogP contribution in [-0.4, -0.2) is 40.0 Å². The summed E-state index contributed by atoms with van der Waals surface area (Å²) in [7, 11) is 0. The molecule has 114 valence electrons. The third kappa shape index (κ3) is 3.06. The Morgan fingerprint density at radius 3 is 2.81 bits per heavy atom. The molecule has 0 bridgehead atoms. The third-order valence-electron chi connectivity index (χ3n) is 4.20. The zero-order chi connectivity index (χ0) is 14.8. The minimum atomic E-state index is -0.239. The van der Waals surface area contributed by atoms with Crippen LogP contribution in [0.5, 0.6) is 0 Å². The van der Waals surface area contributed by atoms with Gasteiger partial charge in [0, 0.05) is 31.0 Å². The number of likely N-dealkylation sites (tertiary alicyclic amines) is 1. The molecule has 2 aromatic rings. The van der Waals surface area contributed by atoms with Gasteiger partial charge >= 0.3 is 0 Å². The number of rotatable bonds is 5. The zero-order valence-corrected chi connectivity index (χ0v) is 13.1. The molecule has 1 fully saturated rings. The molecule has 0 N–H and O–H groups in total. The van der Waals surface area contributed by atoms with E-state index in [4.69, 9.17) is 11.6 Å². The average Bonchev–Trinajstić information content (AvgIpc) is 3.05. The Labute approximate surface area is 129 Å². The van der Waals surface area contributed by atoms with Crippen LogP contribution in [0.25, 0.3) is 11.0 Å². The summed E-state index contributed by atoms with van der Waals surface area (Å²) in [4.78, 5) is 7.07. The number of hydrogen-bond donors (Lipinski definition) is 0. The molecule has 1 saturated heterocycles. The van der Waals surface area contributed by atoms with Crippen LogP contribution in [0.4, 0.5) is 4.39 Å². The lowest BCUT2D eigenvalue weighted by Gasteiger charge is -2.23. The van der Waals surface area contributed by atoms with E-state index in [-0.39, 0.29) is 5.82 Å². The molecule has 1 unspecified atom stereocenters. The summed E-state index contributed by atoms with van der Waals surface area (Å²) in [5, 5.41) is 0. The second-order valence-corrected chi connectivity index (χ2v) is 6.20. The maximum atomic E-state index is 13.4. The first kappa shape index (κ1) is 14.8.